The lowest BCUT2D eigenvalue weighted by molar-refractivity contribution is 0.982. The minimum absolute atomic E-state index is 0.129. The number of hydrogen-bond acceptors (Lipinski definition) is 4. The molecule has 2 aromatic heterocycles. The molecular weight excluding hydrogens is 405 g/mol. The first-order valence-corrected chi connectivity index (χ1v) is 6.88. The van der Waals surface area contributed by atoms with Gasteiger partial charge in [0.05, 0.1) is 6.33 Å². The average Bonchev–Trinajstić information content (AvgIpc) is 2.28. The fourth-order valence-electron chi connectivity index (χ4n) is 0.960. The second-order valence-corrected chi connectivity index (χ2v) is 5.77. The summed E-state index contributed by atoms with van der Waals surface area (Å²) >= 11 is 6.65. The summed E-state index contributed by atoms with van der Waals surface area (Å²) in [5.41, 5.74) is -0.129. The van der Waals surface area contributed by atoms with Gasteiger partial charge in [0, 0.05) is 10.7 Å². The van der Waals surface area contributed by atoms with E-state index >= 15 is 0 Å². The maximum Gasteiger partial charge on any atom is 0.265 e. The van der Waals surface area contributed by atoms with E-state index in [1.54, 1.807) is 6.20 Å². The maximum atomic E-state index is 11.3. The molecule has 0 aliphatic carbocycles. The highest BCUT2D eigenvalue weighted by Gasteiger charge is 2.07. The van der Waals surface area contributed by atoms with Crippen LogP contribution in [-0.2, 0) is 0 Å². The van der Waals surface area contributed by atoms with Crippen molar-refractivity contribution in [3.63, 3.8) is 0 Å². The first-order chi connectivity index (χ1) is 7.66. The Hall–Kier alpha value is -0.410. The Kier molecular flexibility index (Phi) is 3.98. The number of aromatic amines is 1. The zero-order valence-electron chi connectivity index (χ0n) is 7.78. The molecule has 82 valence electrons. The predicted molar refractivity (Wildman–Crippen MR) is 73.6 cm³/mol. The lowest BCUT2D eigenvalue weighted by atomic mass is 10.5. The summed E-state index contributed by atoms with van der Waals surface area (Å²) in [6.07, 6.45) is 3.11. The molecular formula is C9H5BrIN3OS. The van der Waals surface area contributed by atoms with Crippen molar-refractivity contribution in [2.45, 2.75) is 10.1 Å². The number of halogens is 2. The third kappa shape index (κ3) is 2.83. The SMILES string of the molecule is O=c1[nH]cnc(Sc2ccc(Br)cn2)c1I. The van der Waals surface area contributed by atoms with Gasteiger partial charge in [-0.05, 0) is 62.4 Å². The van der Waals surface area contributed by atoms with Gasteiger partial charge in [-0.1, -0.05) is 0 Å². The molecule has 0 spiro atoms. The minimum atomic E-state index is -0.129. The largest absolute Gasteiger partial charge is 0.312 e. The summed E-state index contributed by atoms with van der Waals surface area (Å²) in [6.45, 7) is 0. The molecule has 7 heteroatoms. The molecule has 0 amide bonds. The Bertz CT molecular complexity index is 557. The van der Waals surface area contributed by atoms with Gasteiger partial charge < -0.3 is 4.98 Å². The lowest BCUT2D eigenvalue weighted by Crippen LogP contribution is -2.11. The van der Waals surface area contributed by atoms with Crippen molar-refractivity contribution in [3.8, 4) is 0 Å². The molecule has 0 atom stereocenters. The predicted octanol–water partition coefficient (Wildman–Crippen LogP) is 2.68. The van der Waals surface area contributed by atoms with Crippen LogP contribution in [0.5, 0.6) is 0 Å². The van der Waals surface area contributed by atoms with Crippen LogP contribution in [0, 0.1) is 3.57 Å². The van der Waals surface area contributed by atoms with E-state index in [2.05, 4.69) is 30.9 Å². The number of H-pyrrole nitrogens is 1. The summed E-state index contributed by atoms with van der Waals surface area (Å²) in [6, 6.07) is 3.77. The molecule has 2 heterocycles. The second kappa shape index (κ2) is 5.28. The van der Waals surface area contributed by atoms with Crippen molar-refractivity contribution in [1.29, 1.82) is 0 Å². The topological polar surface area (TPSA) is 58.6 Å². The van der Waals surface area contributed by atoms with Crippen LogP contribution in [0.4, 0.5) is 0 Å². The van der Waals surface area contributed by atoms with Gasteiger partial charge in [-0.3, -0.25) is 4.79 Å². The highest BCUT2D eigenvalue weighted by atomic mass is 127. The first kappa shape index (κ1) is 12.1. The second-order valence-electron chi connectivity index (χ2n) is 2.77. The smallest absolute Gasteiger partial charge is 0.265 e. The third-order valence-electron chi connectivity index (χ3n) is 1.67. The van der Waals surface area contributed by atoms with Crippen LogP contribution in [-0.4, -0.2) is 15.0 Å². The van der Waals surface area contributed by atoms with E-state index in [4.69, 9.17) is 0 Å². The molecule has 0 aliphatic heterocycles. The number of nitrogens with zero attached hydrogens (tertiary/aromatic N) is 2. The summed E-state index contributed by atoms with van der Waals surface area (Å²) < 4.78 is 1.50. The Balaban J connectivity index is 2.30. The first-order valence-electron chi connectivity index (χ1n) is 4.19. The molecule has 0 unspecified atom stereocenters. The molecule has 0 radical (unpaired) electrons. The van der Waals surface area contributed by atoms with Crippen molar-refractivity contribution < 1.29 is 0 Å². The Morgan fingerprint density at radius 3 is 2.88 bits per heavy atom. The number of pyridine rings is 1. The van der Waals surface area contributed by atoms with E-state index < -0.39 is 0 Å². The van der Waals surface area contributed by atoms with Gasteiger partial charge in [0.25, 0.3) is 5.56 Å². The van der Waals surface area contributed by atoms with Gasteiger partial charge in [-0.2, -0.15) is 0 Å². The van der Waals surface area contributed by atoms with Gasteiger partial charge in [0.15, 0.2) is 0 Å². The molecule has 0 saturated heterocycles. The van der Waals surface area contributed by atoms with Crippen molar-refractivity contribution in [2.24, 2.45) is 0 Å². The molecule has 4 nitrogen and oxygen atoms in total. The molecule has 0 aromatic carbocycles. The van der Waals surface area contributed by atoms with Crippen LogP contribution in [0.1, 0.15) is 0 Å². The fourth-order valence-corrected chi connectivity index (χ4v) is 2.55. The summed E-state index contributed by atoms with van der Waals surface area (Å²) in [5, 5.41) is 1.47. The highest BCUT2D eigenvalue weighted by Crippen LogP contribution is 2.26. The number of nitrogens with one attached hydrogen (secondary N) is 1. The van der Waals surface area contributed by atoms with Crippen molar-refractivity contribution in [1.82, 2.24) is 15.0 Å². The lowest BCUT2D eigenvalue weighted by Gasteiger charge is -2.01. The number of hydrogen-bond donors (Lipinski definition) is 1. The van der Waals surface area contributed by atoms with Crippen LogP contribution < -0.4 is 5.56 Å². The Morgan fingerprint density at radius 2 is 2.19 bits per heavy atom. The summed E-state index contributed by atoms with van der Waals surface area (Å²) in [4.78, 5) is 22.2. The van der Waals surface area contributed by atoms with Gasteiger partial charge >= 0.3 is 0 Å². The summed E-state index contributed by atoms with van der Waals surface area (Å²) in [7, 11) is 0. The molecule has 2 rings (SSSR count). The highest BCUT2D eigenvalue weighted by molar-refractivity contribution is 14.1. The molecule has 0 saturated carbocycles. The van der Waals surface area contributed by atoms with Gasteiger partial charge in [-0.15, -0.1) is 0 Å². The van der Waals surface area contributed by atoms with E-state index in [9.17, 15) is 4.79 Å². The number of rotatable bonds is 2. The standard InChI is InChI=1S/C9H5BrIN3OS/c10-5-1-2-6(12-3-5)16-9-7(11)8(15)13-4-14-9/h1-4H,(H,13,14,15). The molecule has 16 heavy (non-hydrogen) atoms. The van der Waals surface area contributed by atoms with E-state index in [-0.39, 0.29) is 5.56 Å². The monoisotopic (exact) mass is 409 g/mol. The zero-order valence-corrected chi connectivity index (χ0v) is 12.3. The fraction of sp³-hybridized carbons (Fsp3) is 0. The van der Waals surface area contributed by atoms with Crippen LogP contribution >= 0.6 is 50.3 Å². The van der Waals surface area contributed by atoms with Gasteiger partial charge in [0.1, 0.15) is 13.6 Å². The van der Waals surface area contributed by atoms with Crippen LogP contribution in [0.3, 0.4) is 0 Å². The van der Waals surface area contributed by atoms with Crippen molar-refractivity contribution in [2.75, 3.05) is 0 Å². The van der Waals surface area contributed by atoms with Crippen molar-refractivity contribution >= 4 is 50.3 Å². The molecule has 2 aromatic rings. The van der Waals surface area contributed by atoms with E-state index in [1.165, 1.54) is 18.1 Å². The molecule has 1 N–H and O–H groups in total. The Labute approximate surface area is 118 Å². The van der Waals surface area contributed by atoms with Gasteiger partial charge in [-0.25, -0.2) is 9.97 Å². The minimum Gasteiger partial charge on any atom is -0.312 e. The van der Waals surface area contributed by atoms with E-state index in [1.807, 2.05) is 34.7 Å². The summed E-state index contributed by atoms with van der Waals surface area (Å²) in [5.74, 6) is 0. The zero-order chi connectivity index (χ0) is 11.5. The van der Waals surface area contributed by atoms with E-state index in [0.717, 1.165) is 9.50 Å². The average molecular weight is 410 g/mol. The quantitative estimate of drug-likeness (QED) is 0.612. The van der Waals surface area contributed by atoms with Crippen LogP contribution in [0.2, 0.25) is 0 Å². The molecule has 0 fully saturated rings. The molecule has 0 aliphatic rings. The van der Waals surface area contributed by atoms with Crippen LogP contribution in [0.25, 0.3) is 0 Å². The van der Waals surface area contributed by atoms with Gasteiger partial charge in [0.2, 0.25) is 0 Å². The Morgan fingerprint density at radius 1 is 1.38 bits per heavy atom. The molecule has 0 bridgehead atoms. The normalized spacial score (nSPS) is 10.4. The third-order valence-corrected chi connectivity index (χ3v) is 4.46. The van der Waals surface area contributed by atoms with Crippen molar-refractivity contribution in [3.05, 3.63) is 43.1 Å². The van der Waals surface area contributed by atoms with Crippen LogP contribution in [0.15, 0.2) is 44.0 Å². The maximum absolute atomic E-state index is 11.3. The number of aromatic nitrogens is 3. The van der Waals surface area contributed by atoms with E-state index in [0.29, 0.717) is 8.60 Å².